The van der Waals surface area contributed by atoms with Crippen molar-refractivity contribution < 1.29 is 31.1 Å². The van der Waals surface area contributed by atoms with Gasteiger partial charge in [-0.25, -0.2) is 13.2 Å². The molecule has 152 valence electrons. The summed E-state index contributed by atoms with van der Waals surface area (Å²) < 4.78 is 73.0. The zero-order chi connectivity index (χ0) is 20.7. The average Bonchev–Trinajstić information content (AvgIpc) is 2.96. The summed E-state index contributed by atoms with van der Waals surface area (Å²) in [6.45, 7) is 1.46. The molecule has 1 aromatic carbocycles. The highest BCUT2D eigenvalue weighted by molar-refractivity contribution is 7.89. The number of nitrogens with zero attached hydrogens (tertiary/aromatic N) is 3. The molecule has 7 nitrogen and oxygen atoms in total. The van der Waals surface area contributed by atoms with Crippen LogP contribution in [-0.4, -0.2) is 41.6 Å². The van der Waals surface area contributed by atoms with E-state index in [4.69, 9.17) is 4.74 Å². The van der Waals surface area contributed by atoms with Crippen LogP contribution in [0.25, 0.3) is 0 Å². The van der Waals surface area contributed by atoms with E-state index in [9.17, 15) is 26.4 Å². The van der Waals surface area contributed by atoms with Crippen molar-refractivity contribution in [3.05, 3.63) is 46.8 Å². The summed E-state index contributed by atoms with van der Waals surface area (Å²) in [7, 11) is -2.91. The fourth-order valence-corrected chi connectivity index (χ4v) is 4.82. The molecule has 2 heterocycles. The van der Waals surface area contributed by atoms with Crippen LogP contribution in [-0.2, 0) is 40.9 Å². The number of carbonyl (C=O) groups excluding carboxylic acids is 1. The van der Waals surface area contributed by atoms with Crippen LogP contribution in [0.4, 0.5) is 13.2 Å². The molecule has 0 spiro atoms. The van der Waals surface area contributed by atoms with Crippen LogP contribution >= 0.6 is 0 Å². The van der Waals surface area contributed by atoms with Crippen LogP contribution in [0, 0.1) is 0 Å². The van der Waals surface area contributed by atoms with Gasteiger partial charge >= 0.3 is 12.1 Å². The van der Waals surface area contributed by atoms with Crippen molar-refractivity contribution in [3.63, 3.8) is 0 Å². The van der Waals surface area contributed by atoms with Crippen molar-refractivity contribution >= 4 is 16.0 Å². The minimum absolute atomic E-state index is 0.0409. The molecule has 0 saturated heterocycles. The molecule has 0 fully saturated rings. The quantitative estimate of drug-likeness (QED) is 0.714. The number of benzene rings is 1. The second-order valence-electron chi connectivity index (χ2n) is 6.20. The number of ether oxygens (including phenoxy) is 1. The lowest BCUT2D eigenvalue weighted by atomic mass is 10.1. The van der Waals surface area contributed by atoms with Crippen molar-refractivity contribution in [1.29, 1.82) is 0 Å². The van der Waals surface area contributed by atoms with Gasteiger partial charge in [-0.1, -0.05) is 12.1 Å². The number of carbonyl (C=O) groups is 1. The molecule has 28 heavy (non-hydrogen) atoms. The van der Waals surface area contributed by atoms with Gasteiger partial charge in [0.05, 0.1) is 22.8 Å². The number of hydrogen-bond acceptors (Lipinski definition) is 5. The van der Waals surface area contributed by atoms with Crippen LogP contribution in [0.3, 0.4) is 0 Å². The van der Waals surface area contributed by atoms with Gasteiger partial charge in [-0.15, -0.1) is 0 Å². The van der Waals surface area contributed by atoms with Crippen LogP contribution in [0.5, 0.6) is 0 Å². The van der Waals surface area contributed by atoms with Gasteiger partial charge < -0.3 is 4.74 Å². The van der Waals surface area contributed by atoms with E-state index in [0.717, 1.165) is 22.5 Å². The second-order valence-corrected chi connectivity index (χ2v) is 8.11. The molecule has 1 aromatic heterocycles. The van der Waals surface area contributed by atoms with E-state index in [0.29, 0.717) is 11.3 Å². The third kappa shape index (κ3) is 3.51. The maximum absolute atomic E-state index is 13.3. The van der Waals surface area contributed by atoms with Gasteiger partial charge in [0.2, 0.25) is 10.0 Å². The number of esters is 1. The number of hydrogen-bond donors (Lipinski definition) is 0. The Bertz CT molecular complexity index is 1020. The number of fused-ring (bicyclic) bond motifs is 1. The molecule has 0 radical (unpaired) electrons. The van der Waals surface area contributed by atoms with E-state index in [1.165, 1.54) is 17.8 Å². The summed E-state index contributed by atoms with van der Waals surface area (Å²) in [6, 6.07) is 4.04. The minimum Gasteiger partial charge on any atom is -0.461 e. The van der Waals surface area contributed by atoms with Crippen LogP contribution in [0.2, 0.25) is 0 Å². The molecular formula is C17H18F3N3O4S. The zero-order valence-corrected chi connectivity index (χ0v) is 16.0. The Hall–Kier alpha value is -2.40. The Morgan fingerprint density at radius 3 is 2.61 bits per heavy atom. The van der Waals surface area contributed by atoms with Gasteiger partial charge in [0.25, 0.3) is 0 Å². The Balaban J connectivity index is 2.02. The highest BCUT2D eigenvalue weighted by atomic mass is 32.2. The predicted molar refractivity (Wildman–Crippen MR) is 91.9 cm³/mol. The standard InChI is InChI=1S/C17H18F3N3O4S/c1-3-27-16(24)15-11-10-23(9-8-13(11)21-22(15)2)28(25,26)14-7-5-4-6-12(14)17(18,19)20/h4-7H,3,8-10H2,1-2H3. The van der Waals surface area contributed by atoms with Gasteiger partial charge in [0, 0.05) is 32.1 Å². The number of alkyl halides is 3. The lowest BCUT2D eigenvalue weighted by Crippen LogP contribution is -2.37. The van der Waals surface area contributed by atoms with Crippen molar-refractivity contribution in [1.82, 2.24) is 14.1 Å². The fraction of sp³-hybridized carbons (Fsp3) is 0.412. The summed E-state index contributed by atoms with van der Waals surface area (Å²) in [5.74, 6) is -0.659. The van der Waals surface area contributed by atoms with Crippen LogP contribution in [0.1, 0.15) is 34.2 Å². The first-order valence-electron chi connectivity index (χ1n) is 8.45. The molecule has 0 atom stereocenters. The number of aromatic nitrogens is 2. The molecule has 11 heteroatoms. The third-order valence-electron chi connectivity index (χ3n) is 4.44. The molecule has 0 amide bonds. The predicted octanol–water partition coefficient (Wildman–Crippen LogP) is 2.36. The Morgan fingerprint density at radius 1 is 1.29 bits per heavy atom. The molecule has 1 aliphatic rings. The van der Waals surface area contributed by atoms with Gasteiger partial charge in [-0.3, -0.25) is 4.68 Å². The number of halogens is 3. The maximum atomic E-state index is 13.3. The van der Waals surface area contributed by atoms with Gasteiger partial charge in [0.1, 0.15) is 0 Å². The van der Waals surface area contributed by atoms with E-state index in [-0.39, 0.29) is 31.8 Å². The number of sulfonamides is 1. The smallest absolute Gasteiger partial charge is 0.417 e. The van der Waals surface area contributed by atoms with E-state index >= 15 is 0 Å². The molecule has 0 N–H and O–H groups in total. The molecular weight excluding hydrogens is 399 g/mol. The monoisotopic (exact) mass is 417 g/mol. The normalized spacial score (nSPS) is 15.3. The first-order chi connectivity index (χ1) is 13.1. The fourth-order valence-electron chi connectivity index (χ4n) is 3.20. The molecule has 0 saturated carbocycles. The molecule has 0 aliphatic carbocycles. The van der Waals surface area contributed by atoms with Gasteiger partial charge in [-0.05, 0) is 19.1 Å². The minimum atomic E-state index is -4.81. The van der Waals surface area contributed by atoms with Crippen LogP contribution in [0.15, 0.2) is 29.2 Å². The topological polar surface area (TPSA) is 81.5 Å². The Labute approximate surface area is 159 Å². The van der Waals surface area contributed by atoms with Crippen molar-refractivity contribution in [3.8, 4) is 0 Å². The first-order valence-corrected chi connectivity index (χ1v) is 9.89. The summed E-state index contributed by atoms with van der Waals surface area (Å²) >= 11 is 0. The van der Waals surface area contributed by atoms with Gasteiger partial charge in [0.15, 0.2) is 5.69 Å². The van der Waals surface area contributed by atoms with Crippen molar-refractivity contribution in [2.24, 2.45) is 7.05 Å². The van der Waals surface area contributed by atoms with E-state index in [1.807, 2.05) is 0 Å². The molecule has 0 bridgehead atoms. The van der Waals surface area contributed by atoms with Crippen molar-refractivity contribution in [2.75, 3.05) is 13.2 Å². The lowest BCUT2D eigenvalue weighted by molar-refractivity contribution is -0.139. The highest BCUT2D eigenvalue weighted by Gasteiger charge is 2.40. The summed E-state index contributed by atoms with van der Waals surface area (Å²) in [5.41, 5.74) is -0.250. The van der Waals surface area contributed by atoms with Crippen LogP contribution < -0.4 is 0 Å². The Morgan fingerprint density at radius 2 is 1.96 bits per heavy atom. The number of aryl methyl sites for hydroxylation is 1. The Kier molecular flexibility index (Phi) is 5.24. The number of rotatable bonds is 4. The second kappa shape index (κ2) is 7.21. The third-order valence-corrected chi connectivity index (χ3v) is 6.34. The molecule has 0 unspecified atom stereocenters. The maximum Gasteiger partial charge on any atom is 0.417 e. The summed E-state index contributed by atoms with van der Waals surface area (Å²) in [6.07, 6.45) is -4.63. The summed E-state index contributed by atoms with van der Waals surface area (Å²) in [4.78, 5) is 11.4. The van der Waals surface area contributed by atoms with E-state index < -0.39 is 32.6 Å². The largest absolute Gasteiger partial charge is 0.461 e. The SMILES string of the molecule is CCOC(=O)c1c2c(nn1C)CCN(S(=O)(=O)c1ccccc1C(F)(F)F)C2. The molecule has 2 aromatic rings. The van der Waals surface area contributed by atoms with Gasteiger partial charge in [-0.2, -0.15) is 22.6 Å². The highest BCUT2D eigenvalue weighted by Crippen LogP contribution is 2.36. The average molecular weight is 417 g/mol. The van der Waals surface area contributed by atoms with E-state index in [1.54, 1.807) is 6.92 Å². The zero-order valence-electron chi connectivity index (χ0n) is 15.2. The molecule has 1 aliphatic heterocycles. The lowest BCUT2D eigenvalue weighted by Gasteiger charge is -2.27. The van der Waals surface area contributed by atoms with Crippen molar-refractivity contribution in [2.45, 2.75) is 31.0 Å². The summed E-state index contributed by atoms with van der Waals surface area (Å²) in [5, 5.41) is 4.21. The first kappa shape index (κ1) is 20.3. The molecule has 3 rings (SSSR count). The van der Waals surface area contributed by atoms with E-state index in [2.05, 4.69) is 5.10 Å².